The second-order valence-corrected chi connectivity index (χ2v) is 7.19. The molecule has 2 heterocycles. The van der Waals surface area contributed by atoms with Gasteiger partial charge in [-0.1, -0.05) is 26.0 Å². The minimum Gasteiger partial charge on any atom is -0.293 e. The molecule has 0 saturated heterocycles. The van der Waals surface area contributed by atoms with Crippen molar-refractivity contribution in [2.45, 2.75) is 33.2 Å². The van der Waals surface area contributed by atoms with Crippen LogP contribution in [0.4, 0.5) is 8.78 Å². The van der Waals surface area contributed by atoms with Gasteiger partial charge in [0, 0.05) is 16.4 Å². The van der Waals surface area contributed by atoms with Gasteiger partial charge in [-0.05, 0) is 24.6 Å². The summed E-state index contributed by atoms with van der Waals surface area (Å²) >= 11 is 1.44. The number of aromatic nitrogens is 2. The van der Waals surface area contributed by atoms with Crippen molar-refractivity contribution in [1.29, 1.82) is 0 Å². The Hall–Kier alpha value is -2.08. The third-order valence-corrected chi connectivity index (χ3v) is 4.97. The van der Waals surface area contributed by atoms with Crippen molar-refractivity contribution in [1.82, 2.24) is 9.55 Å². The molecule has 0 bridgehead atoms. The third-order valence-electron chi connectivity index (χ3n) is 3.97. The predicted molar refractivity (Wildman–Crippen MR) is 94.1 cm³/mol. The quantitative estimate of drug-likeness (QED) is 0.687. The van der Waals surface area contributed by atoms with Crippen LogP contribution in [0.2, 0.25) is 0 Å². The summed E-state index contributed by atoms with van der Waals surface area (Å²) in [5, 5.41) is 0.488. The molecule has 24 heavy (non-hydrogen) atoms. The van der Waals surface area contributed by atoms with Crippen LogP contribution in [-0.4, -0.2) is 16.2 Å². The smallest absolute Gasteiger partial charge is 0.263 e. The molecule has 2 aromatic heterocycles. The fourth-order valence-corrected chi connectivity index (χ4v) is 3.96. The van der Waals surface area contributed by atoms with Crippen molar-refractivity contribution in [2.24, 2.45) is 0 Å². The Bertz CT molecular complexity index is 942. The van der Waals surface area contributed by atoms with E-state index in [1.807, 2.05) is 20.8 Å². The standard InChI is InChI=1S/C18H18F2N2OS/c1-10(2)16-21-17-15(18(23)22(16)9-8-19)14(11(3)24-17)12-4-6-13(20)7-5-12/h4-7,10H,8-9H2,1-3H3. The van der Waals surface area contributed by atoms with Crippen molar-refractivity contribution in [3.05, 3.63) is 51.1 Å². The van der Waals surface area contributed by atoms with E-state index in [-0.39, 0.29) is 23.8 Å². The summed E-state index contributed by atoms with van der Waals surface area (Å²) in [6, 6.07) is 6.04. The number of fused-ring (bicyclic) bond motifs is 1. The van der Waals surface area contributed by atoms with Gasteiger partial charge in [0.2, 0.25) is 0 Å². The van der Waals surface area contributed by atoms with Crippen LogP contribution in [0, 0.1) is 12.7 Å². The summed E-state index contributed by atoms with van der Waals surface area (Å²) in [4.78, 5) is 19.2. The van der Waals surface area contributed by atoms with Crippen molar-refractivity contribution in [3.8, 4) is 11.1 Å². The Balaban J connectivity index is 2.36. The summed E-state index contributed by atoms with van der Waals surface area (Å²) in [7, 11) is 0. The molecule has 0 aliphatic rings. The Morgan fingerprint density at radius 1 is 1.25 bits per heavy atom. The van der Waals surface area contributed by atoms with E-state index in [1.165, 1.54) is 28.0 Å². The van der Waals surface area contributed by atoms with E-state index in [9.17, 15) is 13.6 Å². The van der Waals surface area contributed by atoms with E-state index in [0.717, 1.165) is 16.0 Å². The molecule has 3 nitrogen and oxygen atoms in total. The Kier molecular flexibility index (Phi) is 4.49. The second-order valence-electron chi connectivity index (χ2n) is 5.99. The molecule has 0 N–H and O–H groups in total. The molecule has 0 amide bonds. The first kappa shape index (κ1) is 16.8. The van der Waals surface area contributed by atoms with Gasteiger partial charge in [0.15, 0.2) is 0 Å². The molecule has 0 radical (unpaired) electrons. The van der Waals surface area contributed by atoms with Gasteiger partial charge in [-0.15, -0.1) is 11.3 Å². The fraction of sp³-hybridized carbons (Fsp3) is 0.333. The molecule has 0 fully saturated rings. The van der Waals surface area contributed by atoms with Crippen LogP contribution in [0.5, 0.6) is 0 Å². The Labute approximate surface area is 142 Å². The molecule has 3 aromatic rings. The Morgan fingerprint density at radius 3 is 2.50 bits per heavy atom. The van der Waals surface area contributed by atoms with E-state index in [0.29, 0.717) is 16.0 Å². The van der Waals surface area contributed by atoms with Gasteiger partial charge in [0.1, 0.15) is 23.1 Å². The van der Waals surface area contributed by atoms with Crippen molar-refractivity contribution < 1.29 is 8.78 Å². The molecule has 6 heteroatoms. The lowest BCUT2D eigenvalue weighted by Gasteiger charge is -2.13. The van der Waals surface area contributed by atoms with Gasteiger partial charge >= 0.3 is 0 Å². The molecule has 0 atom stereocenters. The van der Waals surface area contributed by atoms with E-state index in [1.54, 1.807) is 12.1 Å². The number of halogens is 2. The number of hydrogen-bond acceptors (Lipinski definition) is 3. The van der Waals surface area contributed by atoms with Gasteiger partial charge < -0.3 is 0 Å². The molecule has 0 saturated carbocycles. The van der Waals surface area contributed by atoms with Gasteiger partial charge in [-0.3, -0.25) is 9.36 Å². The van der Waals surface area contributed by atoms with Crippen molar-refractivity contribution >= 4 is 21.6 Å². The SMILES string of the molecule is Cc1sc2nc(C(C)C)n(CCF)c(=O)c2c1-c1ccc(F)cc1. The molecular weight excluding hydrogens is 330 g/mol. The number of benzene rings is 1. The molecule has 0 aliphatic heterocycles. The number of rotatable bonds is 4. The largest absolute Gasteiger partial charge is 0.293 e. The minimum atomic E-state index is -0.623. The molecule has 0 unspecified atom stereocenters. The summed E-state index contributed by atoms with van der Waals surface area (Å²) < 4.78 is 27.6. The highest BCUT2D eigenvalue weighted by Crippen LogP contribution is 2.36. The van der Waals surface area contributed by atoms with Crippen LogP contribution in [0.25, 0.3) is 21.3 Å². The highest BCUT2D eigenvalue weighted by Gasteiger charge is 2.20. The average molecular weight is 348 g/mol. The van der Waals surface area contributed by atoms with Gasteiger partial charge in [-0.25, -0.2) is 13.8 Å². The van der Waals surface area contributed by atoms with Crippen LogP contribution in [0.15, 0.2) is 29.1 Å². The summed E-state index contributed by atoms with van der Waals surface area (Å²) in [5.41, 5.74) is 1.29. The van der Waals surface area contributed by atoms with Crippen LogP contribution >= 0.6 is 11.3 Å². The van der Waals surface area contributed by atoms with E-state index < -0.39 is 6.67 Å². The first-order valence-corrected chi connectivity index (χ1v) is 8.61. The van der Waals surface area contributed by atoms with Crippen LogP contribution in [0.3, 0.4) is 0 Å². The van der Waals surface area contributed by atoms with Crippen LogP contribution in [0.1, 0.15) is 30.5 Å². The Morgan fingerprint density at radius 2 is 1.92 bits per heavy atom. The third kappa shape index (κ3) is 2.75. The minimum absolute atomic E-state index is 0.00691. The zero-order valence-electron chi connectivity index (χ0n) is 13.8. The number of nitrogens with zero attached hydrogens (tertiary/aromatic N) is 2. The highest BCUT2D eigenvalue weighted by molar-refractivity contribution is 7.19. The first-order valence-electron chi connectivity index (χ1n) is 7.79. The lowest BCUT2D eigenvalue weighted by molar-refractivity contribution is 0.428. The molecule has 1 aromatic carbocycles. The fourth-order valence-electron chi connectivity index (χ4n) is 2.92. The lowest BCUT2D eigenvalue weighted by atomic mass is 10.0. The molecule has 0 aliphatic carbocycles. The van der Waals surface area contributed by atoms with E-state index in [2.05, 4.69) is 4.98 Å². The first-order chi connectivity index (χ1) is 11.4. The highest BCUT2D eigenvalue weighted by atomic mass is 32.1. The number of hydrogen-bond donors (Lipinski definition) is 0. The topological polar surface area (TPSA) is 34.9 Å². The maximum atomic E-state index is 13.2. The molecular formula is C18H18F2N2OS. The molecule has 0 spiro atoms. The number of aryl methyl sites for hydroxylation is 1. The normalized spacial score (nSPS) is 11.6. The van der Waals surface area contributed by atoms with Gasteiger partial charge in [-0.2, -0.15) is 0 Å². The van der Waals surface area contributed by atoms with Crippen molar-refractivity contribution in [3.63, 3.8) is 0 Å². The van der Waals surface area contributed by atoms with E-state index in [4.69, 9.17) is 0 Å². The maximum absolute atomic E-state index is 13.2. The van der Waals surface area contributed by atoms with Crippen LogP contribution < -0.4 is 5.56 Å². The van der Waals surface area contributed by atoms with Crippen molar-refractivity contribution in [2.75, 3.05) is 6.67 Å². The predicted octanol–water partition coefficient (Wildman–Crippen LogP) is 4.67. The summed E-state index contributed by atoms with van der Waals surface area (Å²) in [5.74, 6) is 0.286. The van der Waals surface area contributed by atoms with Gasteiger partial charge in [0.05, 0.1) is 11.9 Å². The molecule has 3 rings (SSSR count). The summed E-state index contributed by atoms with van der Waals surface area (Å²) in [6.07, 6.45) is 0. The monoisotopic (exact) mass is 348 g/mol. The zero-order valence-corrected chi connectivity index (χ0v) is 14.6. The van der Waals surface area contributed by atoms with Crippen LogP contribution in [-0.2, 0) is 6.54 Å². The number of alkyl halides is 1. The lowest BCUT2D eigenvalue weighted by Crippen LogP contribution is -2.26. The zero-order chi connectivity index (χ0) is 17.4. The van der Waals surface area contributed by atoms with E-state index >= 15 is 0 Å². The second kappa shape index (κ2) is 6.43. The summed E-state index contributed by atoms with van der Waals surface area (Å²) in [6.45, 7) is 5.15. The number of thiophene rings is 1. The molecule has 126 valence electrons. The average Bonchev–Trinajstić information content (AvgIpc) is 2.87. The van der Waals surface area contributed by atoms with Gasteiger partial charge in [0.25, 0.3) is 5.56 Å². The maximum Gasteiger partial charge on any atom is 0.263 e.